The molecule has 0 bridgehead atoms. The van der Waals surface area contributed by atoms with Gasteiger partial charge in [-0.1, -0.05) is 43.5 Å². The Morgan fingerprint density at radius 2 is 1.79 bits per heavy atom. The van der Waals surface area contributed by atoms with Crippen LogP contribution in [-0.4, -0.2) is 30.4 Å². The molecular formula is C26H33FN2O4. The number of rotatable bonds is 12. The molecule has 0 saturated heterocycles. The average molecular weight is 457 g/mol. The molecule has 3 N–H and O–H groups in total. The summed E-state index contributed by atoms with van der Waals surface area (Å²) in [5, 5.41) is 16.8. The minimum Gasteiger partial charge on any atom is -0.486 e. The molecule has 2 atom stereocenters. The Kier molecular flexibility index (Phi) is 9.57. The van der Waals surface area contributed by atoms with E-state index in [1.54, 1.807) is 30.3 Å². The van der Waals surface area contributed by atoms with Crippen molar-refractivity contribution < 1.29 is 23.8 Å². The fraction of sp³-hybridized carbons (Fsp3) is 0.423. The van der Waals surface area contributed by atoms with Crippen LogP contribution in [-0.2, 0) is 6.54 Å². The van der Waals surface area contributed by atoms with Crippen LogP contribution in [0.1, 0.15) is 55.8 Å². The number of allylic oxidation sites excluding steroid dienone is 1. The lowest BCUT2D eigenvalue weighted by Gasteiger charge is -2.26. The van der Waals surface area contributed by atoms with Crippen molar-refractivity contribution in [3.05, 3.63) is 72.1 Å². The highest BCUT2D eigenvalue weighted by Crippen LogP contribution is 2.34. The van der Waals surface area contributed by atoms with E-state index in [1.165, 1.54) is 12.1 Å². The number of nitrogens with one attached hydrogen (secondary N) is 2. The molecule has 2 amide bonds. The first-order valence-corrected chi connectivity index (χ1v) is 11.5. The van der Waals surface area contributed by atoms with Crippen molar-refractivity contribution in [2.75, 3.05) is 13.2 Å². The Balaban J connectivity index is 1.61. The molecule has 0 aliphatic carbocycles. The van der Waals surface area contributed by atoms with Crippen molar-refractivity contribution in [3.8, 4) is 11.5 Å². The number of ether oxygens (including phenoxy) is 2. The van der Waals surface area contributed by atoms with Gasteiger partial charge in [0.15, 0.2) is 11.5 Å². The number of aliphatic hydroxyl groups excluding tert-OH is 1. The third-order valence-corrected chi connectivity index (χ3v) is 5.65. The van der Waals surface area contributed by atoms with Gasteiger partial charge in [0.05, 0.1) is 12.1 Å². The van der Waals surface area contributed by atoms with Gasteiger partial charge in [0.25, 0.3) is 0 Å². The van der Waals surface area contributed by atoms with E-state index in [2.05, 4.69) is 17.2 Å². The van der Waals surface area contributed by atoms with Crippen molar-refractivity contribution in [1.29, 1.82) is 0 Å². The maximum Gasteiger partial charge on any atom is 0.315 e. The maximum absolute atomic E-state index is 13.1. The number of fused-ring (bicyclic) bond motifs is 1. The summed E-state index contributed by atoms with van der Waals surface area (Å²) in [7, 11) is 0. The second kappa shape index (κ2) is 12.8. The molecule has 7 heteroatoms. The summed E-state index contributed by atoms with van der Waals surface area (Å²) in [5.74, 6) is 0.932. The Hall–Kier alpha value is -3.06. The van der Waals surface area contributed by atoms with Crippen LogP contribution >= 0.6 is 0 Å². The van der Waals surface area contributed by atoms with Crippen LogP contribution < -0.4 is 20.1 Å². The lowest BCUT2D eigenvalue weighted by Crippen LogP contribution is -2.44. The van der Waals surface area contributed by atoms with Gasteiger partial charge in [-0.05, 0) is 54.7 Å². The normalized spacial score (nSPS) is 14.2. The van der Waals surface area contributed by atoms with E-state index in [0.717, 1.165) is 37.7 Å². The molecule has 1 aliphatic heterocycles. The fourth-order valence-electron chi connectivity index (χ4n) is 3.80. The zero-order chi connectivity index (χ0) is 23.5. The van der Waals surface area contributed by atoms with Crippen LogP contribution in [0.25, 0.3) is 0 Å². The summed E-state index contributed by atoms with van der Waals surface area (Å²) in [6, 6.07) is 10.5. The molecule has 1 aliphatic rings. The molecule has 3 rings (SSSR count). The average Bonchev–Trinajstić information content (AvgIpc) is 2.84. The molecule has 2 unspecified atom stereocenters. The molecule has 33 heavy (non-hydrogen) atoms. The molecule has 0 saturated carbocycles. The minimum atomic E-state index is -0.898. The predicted octanol–water partition coefficient (Wildman–Crippen LogP) is 5.02. The lowest BCUT2D eigenvalue weighted by atomic mass is 9.96. The first kappa shape index (κ1) is 24.6. The Labute approximate surface area is 194 Å². The Morgan fingerprint density at radius 1 is 1.06 bits per heavy atom. The highest BCUT2D eigenvalue weighted by Gasteiger charge is 2.24. The monoisotopic (exact) mass is 456 g/mol. The van der Waals surface area contributed by atoms with Crippen molar-refractivity contribution in [2.45, 2.75) is 57.2 Å². The summed E-state index contributed by atoms with van der Waals surface area (Å²) in [6.45, 7) is 4.97. The highest BCUT2D eigenvalue weighted by molar-refractivity contribution is 5.74. The number of urea groups is 1. The summed E-state index contributed by atoms with van der Waals surface area (Å²) >= 11 is 0. The lowest BCUT2D eigenvalue weighted by molar-refractivity contribution is 0.122. The summed E-state index contributed by atoms with van der Waals surface area (Å²) < 4.78 is 24.3. The second-order valence-electron chi connectivity index (χ2n) is 8.19. The summed E-state index contributed by atoms with van der Waals surface area (Å²) in [4.78, 5) is 12.6. The van der Waals surface area contributed by atoms with Crippen LogP contribution in [0.15, 0.2) is 55.1 Å². The molecule has 2 aromatic rings. The number of aliphatic hydroxyl groups is 1. The van der Waals surface area contributed by atoms with Gasteiger partial charge in [-0.25, -0.2) is 9.18 Å². The van der Waals surface area contributed by atoms with Crippen LogP contribution in [0, 0.1) is 5.82 Å². The minimum absolute atomic E-state index is 0.264. The first-order chi connectivity index (χ1) is 16.1. The number of benzene rings is 2. The molecule has 0 radical (unpaired) electrons. The number of amides is 2. The molecule has 2 aromatic carbocycles. The number of carbonyl (C=O) groups is 1. The van der Waals surface area contributed by atoms with Crippen molar-refractivity contribution in [2.24, 2.45) is 0 Å². The molecule has 1 heterocycles. The van der Waals surface area contributed by atoms with Gasteiger partial charge in [0.2, 0.25) is 0 Å². The number of carbonyl (C=O) groups excluding carboxylic acids is 1. The van der Waals surface area contributed by atoms with Crippen LogP contribution in [0.2, 0.25) is 0 Å². The van der Waals surface area contributed by atoms with Crippen molar-refractivity contribution >= 4 is 6.03 Å². The number of unbranched alkanes of at least 4 members (excludes halogenated alkanes) is 4. The van der Waals surface area contributed by atoms with Gasteiger partial charge in [-0.3, -0.25) is 0 Å². The van der Waals surface area contributed by atoms with Gasteiger partial charge >= 0.3 is 6.03 Å². The third-order valence-electron chi connectivity index (χ3n) is 5.65. The van der Waals surface area contributed by atoms with E-state index in [1.807, 2.05) is 6.08 Å². The third kappa shape index (κ3) is 7.79. The highest BCUT2D eigenvalue weighted by atomic mass is 19.1. The molecule has 0 aromatic heterocycles. The Morgan fingerprint density at radius 3 is 2.55 bits per heavy atom. The van der Waals surface area contributed by atoms with Crippen LogP contribution in [0.3, 0.4) is 0 Å². The van der Waals surface area contributed by atoms with E-state index in [-0.39, 0.29) is 18.4 Å². The van der Waals surface area contributed by atoms with E-state index in [9.17, 15) is 14.3 Å². The molecule has 0 fully saturated rings. The van der Waals surface area contributed by atoms with E-state index in [4.69, 9.17) is 9.47 Å². The number of halogens is 1. The molecular weight excluding hydrogens is 423 g/mol. The van der Waals surface area contributed by atoms with E-state index < -0.39 is 12.1 Å². The molecule has 0 spiro atoms. The van der Waals surface area contributed by atoms with Gasteiger partial charge in [0, 0.05) is 6.54 Å². The van der Waals surface area contributed by atoms with Gasteiger partial charge < -0.3 is 25.2 Å². The van der Waals surface area contributed by atoms with Gasteiger partial charge in [-0.2, -0.15) is 0 Å². The quantitative estimate of drug-likeness (QED) is 0.309. The van der Waals surface area contributed by atoms with Crippen molar-refractivity contribution in [3.63, 3.8) is 0 Å². The smallest absolute Gasteiger partial charge is 0.315 e. The topological polar surface area (TPSA) is 79.8 Å². The summed E-state index contributed by atoms with van der Waals surface area (Å²) in [6.07, 6.45) is 6.70. The first-order valence-electron chi connectivity index (χ1n) is 11.5. The molecule has 178 valence electrons. The van der Waals surface area contributed by atoms with Gasteiger partial charge in [0.1, 0.15) is 19.0 Å². The second-order valence-corrected chi connectivity index (χ2v) is 8.19. The summed E-state index contributed by atoms with van der Waals surface area (Å²) in [5.41, 5.74) is 1.45. The van der Waals surface area contributed by atoms with E-state index >= 15 is 0 Å². The van der Waals surface area contributed by atoms with Crippen LogP contribution in [0.4, 0.5) is 9.18 Å². The van der Waals surface area contributed by atoms with Crippen LogP contribution in [0.5, 0.6) is 11.5 Å². The standard InChI is InChI=1S/C26H33FN2O4/c1-2-3-4-5-6-7-8-22(29-26(31)28-18-19-9-12-21(27)13-10-19)25(30)20-11-14-23-24(17-20)33-16-15-32-23/h2,9-14,17,22,25,30H,1,3-8,15-16,18H2,(H2,28,29,31). The van der Waals surface area contributed by atoms with Gasteiger partial charge in [-0.15, -0.1) is 6.58 Å². The van der Waals surface area contributed by atoms with Crippen molar-refractivity contribution in [1.82, 2.24) is 10.6 Å². The zero-order valence-electron chi connectivity index (χ0n) is 18.9. The Bertz CT molecular complexity index is 904. The zero-order valence-corrected chi connectivity index (χ0v) is 18.9. The molecule has 6 nitrogen and oxygen atoms in total. The number of hydrogen-bond acceptors (Lipinski definition) is 4. The fourth-order valence-corrected chi connectivity index (χ4v) is 3.80. The number of hydrogen-bond donors (Lipinski definition) is 3. The maximum atomic E-state index is 13.1. The SMILES string of the molecule is C=CCCCCCCC(NC(=O)NCc1ccc(F)cc1)C(O)c1ccc2c(c1)OCCO2. The largest absolute Gasteiger partial charge is 0.486 e. The predicted molar refractivity (Wildman–Crippen MR) is 126 cm³/mol. The van der Waals surface area contributed by atoms with E-state index in [0.29, 0.717) is 36.7 Å².